The summed E-state index contributed by atoms with van der Waals surface area (Å²) < 4.78 is 5.48. The van der Waals surface area contributed by atoms with Crippen LogP contribution in [-0.2, 0) is 9.53 Å². The van der Waals surface area contributed by atoms with Crippen LogP contribution in [0.25, 0.3) is 0 Å². The van der Waals surface area contributed by atoms with Gasteiger partial charge < -0.3 is 4.74 Å². The lowest BCUT2D eigenvalue weighted by Gasteiger charge is -2.39. The molecule has 0 amide bonds. The summed E-state index contributed by atoms with van der Waals surface area (Å²) in [7, 11) is 0. The van der Waals surface area contributed by atoms with E-state index in [4.69, 9.17) is 4.74 Å². The van der Waals surface area contributed by atoms with Gasteiger partial charge in [0.15, 0.2) is 0 Å². The van der Waals surface area contributed by atoms with Crippen molar-refractivity contribution in [1.29, 1.82) is 0 Å². The van der Waals surface area contributed by atoms with Crippen LogP contribution in [0, 0.1) is 17.3 Å². The van der Waals surface area contributed by atoms with E-state index in [2.05, 4.69) is 13.8 Å². The topological polar surface area (TPSA) is 26.3 Å². The Morgan fingerprint density at radius 3 is 2.93 bits per heavy atom. The van der Waals surface area contributed by atoms with Gasteiger partial charge in [-0.3, -0.25) is 4.79 Å². The Morgan fingerprint density at radius 1 is 1.53 bits per heavy atom. The van der Waals surface area contributed by atoms with Crippen molar-refractivity contribution in [3.8, 4) is 0 Å². The Kier molecular flexibility index (Phi) is 2.78. The van der Waals surface area contributed by atoms with E-state index in [-0.39, 0.29) is 18.0 Å². The fourth-order valence-corrected chi connectivity index (χ4v) is 3.40. The van der Waals surface area contributed by atoms with E-state index in [1.54, 1.807) is 0 Å². The Hall–Kier alpha value is -0.530. The molecule has 1 heterocycles. The SMILES string of the molecule is CCCC1(C)CCC2[C@@H](C1)OC(=O)[C@@H]2C. The largest absolute Gasteiger partial charge is 0.462 e. The van der Waals surface area contributed by atoms with Gasteiger partial charge in [-0.2, -0.15) is 0 Å². The van der Waals surface area contributed by atoms with E-state index in [0.29, 0.717) is 11.3 Å². The fourth-order valence-electron chi connectivity index (χ4n) is 3.40. The average Bonchev–Trinajstić information content (AvgIpc) is 2.42. The highest BCUT2D eigenvalue weighted by molar-refractivity contribution is 5.74. The van der Waals surface area contributed by atoms with Crippen molar-refractivity contribution in [3.05, 3.63) is 0 Å². The van der Waals surface area contributed by atoms with Crippen molar-refractivity contribution in [3.63, 3.8) is 0 Å². The summed E-state index contributed by atoms with van der Waals surface area (Å²) in [5.74, 6) is 0.675. The van der Waals surface area contributed by atoms with Gasteiger partial charge in [0, 0.05) is 5.92 Å². The first-order valence-electron chi connectivity index (χ1n) is 6.26. The number of carbonyl (C=O) groups excluding carboxylic acids is 1. The van der Waals surface area contributed by atoms with Gasteiger partial charge in [-0.15, -0.1) is 0 Å². The molecule has 0 bridgehead atoms. The van der Waals surface area contributed by atoms with E-state index in [1.807, 2.05) is 6.92 Å². The van der Waals surface area contributed by atoms with Gasteiger partial charge in [-0.05, 0) is 31.1 Å². The molecule has 0 aromatic carbocycles. The molecule has 4 atom stereocenters. The molecule has 2 heteroatoms. The first-order chi connectivity index (χ1) is 7.06. The predicted molar refractivity (Wildman–Crippen MR) is 59.4 cm³/mol. The van der Waals surface area contributed by atoms with Crippen LogP contribution >= 0.6 is 0 Å². The third-order valence-corrected chi connectivity index (χ3v) is 4.39. The Bertz CT molecular complexity index is 261. The number of esters is 1. The van der Waals surface area contributed by atoms with Crippen molar-refractivity contribution >= 4 is 5.97 Å². The number of hydrogen-bond donors (Lipinski definition) is 0. The second kappa shape index (κ2) is 3.80. The van der Waals surface area contributed by atoms with E-state index in [1.165, 1.54) is 25.7 Å². The van der Waals surface area contributed by atoms with Crippen LogP contribution in [-0.4, -0.2) is 12.1 Å². The number of hydrogen-bond acceptors (Lipinski definition) is 2. The van der Waals surface area contributed by atoms with Crippen LogP contribution in [0.1, 0.15) is 52.9 Å². The monoisotopic (exact) mass is 210 g/mol. The lowest BCUT2D eigenvalue weighted by Crippen LogP contribution is -2.34. The van der Waals surface area contributed by atoms with Crippen molar-refractivity contribution in [2.75, 3.05) is 0 Å². The molecule has 2 unspecified atom stereocenters. The molecule has 15 heavy (non-hydrogen) atoms. The lowest BCUT2D eigenvalue weighted by molar-refractivity contribution is -0.145. The fraction of sp³-hybridized carbons (Fsp3) is 0.923. The highest BCUT2D eigenvalue weighted by Gasteiger charge is 2.47. The molecule has 0 N–H and O–H groups in total. The number of carbonyl (C=O) groups is 1. The van der Waals surface area contributed by atoms with Gasteiger partial charge in [0.2, 0.25) is 0 Å². The molecule has 0 aromatic heterocycles. The van der Waals surface area contributed by atoms with Crippen LogP contribution in [0.15, 0.2) is 0 Å². The van der Waals surface area contributed by atoms with Crippen LogP contribution in [0.2, 0.25) is 0 Å². The molecule has 2 fully saturated rings. The molecule has 0 radical (unpaired) electrons. The molecular formula is C13H22O2. The van der Waals surface area contributed by atoms with Gasteiger partial charge in [-0.25, -0.2) is 0 Å². The minimum absolute atomic E-state index is 0.0331. The Labute approximate surface area is 92.4 Å². The van der Waals surface area contributed by atoms with Crippen molar-refractivity contribution in [2.45, 2.75) is 59.0 Å². The molecule has 0 spiro atoms. The molecule has 1 saturated heterocycles. The first kappa shape index (κ1) is 11.0. The summed E-state index contributed by atoms with van der Waals surface area (Å²) in [5.41, 5.74) is 0.417. The van der Waals surface area contributed by atoms with Crippen molar-refractivity contribution in [1.82, 2.24) is 0 Å². The van der Waals surface area contributed by atoms with E-state index >= 15 is 0 Å². The Balaban J connectivity index is 2.05. The van der Waals surface area contributed by atoms with Gasteiger partial charge in [-0.1, -0.05) is 27.2 Å². The Morgan fingerprint density at radius 2 is 2.27 bits per heavy atom. The molecule has 1 aliphatic heterocycles. The van der Waals surface area contributed by atoms with Crippen molar-refractivity contribution < 1.29 is 9.53 Å². The predicted octanol–water partition coefficient (Wildman–Crippen LogP) is 3.15. The smallest absolute Gasteiger partial charge is 0.309 e. The second-order valence-electron chi connectivity index (χ2n) is 5.73. The zero-order valence-electron chi connectivity index (χ0n) is 10.1. The molecule has 2 aliphatic rings. The third-order valence-electron chi connectivity index (χ3n) is 4.39. The number of rotatable bonds is 2. The van der Waals surface area contributed by atoms with Gasteiger partial charge in [0.1, 0.15) is 6.10 Å². The molecule has 0 aromatic rings. The zero-order valence-corrected chi connectivity index (χ0v) is 10.1. The third kappa shape index (κ3) is 1.91. The molecule has 2 nitrogen and oxygen atoms in total. The summed E-state index contributed by atoms with van der Waals surface area (Å²) >= 11 is 0. The molecule has 1 saturated carbocycles. The molecule has 1 aliphatic carbocycles. The highest BCUT2D eigenvalue weighted by atomic mass is 16.6. The van der Waals surface area contributed by atoms with Gasteiger partial charge >= 0.3 is 5.97 Å². The number of fused-ring (bicyclic) bond motifs is 1. The maximum atomic E-state index is 11.5. The average molecular weight is 210 g/mol. The molecule has 86 valence electrons. The normalized spacial score (nSPS) is 45.0. The highest BCUT2D eigenvalue weighted by Crippen LogP contribution is 2.48. The van der Waals surface area contributed by atoms with Crippen LogP contribution in [0.3, 0.4) is 0 Å². The maximum absolute atomic E-state index is 11.5. The maximum Gasteiger partial charge on any atom is 0.309 e. The zero-order chi connectivity index (χ0) is 11.1. The first-order valence-corrected chi connectivity index (χ1v) is 6.26. The summed E-state index contributed by atoms with van der Waals surface area (Å²) in [6.45, 7) is 6.61. The van der Waals surface area contributed by atoms with E-state index in [9.17, 15) is 4.79 Å². The minimum Gasteiger partial charge on any atom is -0.462 e. The van der Waals surface area contributed by atoms with E-state index in [0.717, 1.165) is 6.42 Å². The van der Waals surface area contributed by atoms with Crippen molar-refractivity contribution in [2.24, 2.45) is 17.3 Å². The van der Waals surface area contributed by atoms with Gasteiger partial charge in [0.25, 0.3) is 0 Å². The standard InChI is InChI=1S/C13H22O2/c1-4-6-13(3)7-5-10-9(2)12(14)15-11(10)8-13/h9-11H,4-8H2,1-3H3/t9-,10?,11-,13?/m1/s1. The summed E-state index contributed by atoms with van der Waals surface area (Å²) in [4.78, 5) is 11.5. The molecule has 2 rings (SSSR count). The lowest BCUT2D eigenvalue weighted by atomic mass is 9.66. The summed E-state index contributed by atoms with van der Waals surface area (Å²) in [6.07, 6.45) is 6.25. The summed E-state index contributed by atoms with van der Waals surface area (Å²) in [6, 6.07) is 0. The van der Waals surface area contributed by atoms with Crippen LogP contribution in [0.5, 0.6) is 0 Å². The second-order valence-corrected chi connectivity index (χ2v) is 5.73. The number of ether oxygens (including phenoxy) is 1. The minimum atomic E-state index is 0.0331. The van der Waals surface area contributed by atoms with Crippen LogP contribution in [0.4, 0.5) is 0 Å². The van der Waals surface area contributed by atoms with Gasteiger partial charge in [0.05, 0.1) is 5.92 Å². The molecular weight excluding hydrogens is 188 g/mol. The van der Waals surface area contributed by atoms with Crippen LogP contribution < -0.4 is 0 Å². The summed E-state index contributed by atoms with van der Waals surface area (Å²) in [5, 5.41) is 0. The van der Waals surface area contributed by atoms with E-state index < -0.39 is 0 Å². The quantitative estimate of drug-likeness (QED) is 0.654.